The molecule has 0 atom stereocenters. The predicted molar refractivity (Wildman–Crippen MR) is 68.9 cm³/mol. The third-order valence-electron chi connectivity index (χ3n) is 2.28. The SMILES string of the molecule is CC(C)CNCCc1nnc(-c2cn[nH]c2)s1. The Morgan fingerprint density at radius 3 is 3.00 bits per heavy atom. The molecule has 0 amide bonds. The van der Waals surface area contributed by atoms with Crippen LogP contribution in [0.4, 0.5) is 0 Å². The van der Waals surface area contributed by atoms with Gasteiger partial charge in [-0.15, -0.1) is 10.2 Å². The zero-order valence-corrected chi connectivity index (χ0v) is 10.9. The van der Waals surface area contributed by atoms with Gasteiger partial charge in [-0.3, -0.25) is 5.10 Å². The maximum atomic E-state index is 4.18. The van der Waals surface area contributed by atoms with Gasteiger partial charge in [0.1, 0.15) is 5.01 Å². The quantitative estimate of drug-likeness (QED) is 0.767. The van der Waals surface area contributed by atoms with Gasteiger partial charge < -0.3 is 5.32 Å². The highest BCUT2D eigenvalue weighted by Gasteiger charge is 2.07. The molecule has 0 aliphatic carbocycles. The Balaban J connectivity index is 1.83. The molecular formula is C11H17N5S. The van der Waals surface area contributed by atoms with Crippen molar-refractivity contribution in [3.8, 4) is 10.6 Å². The third kappa shape index (κ3) is 3.61. The summed E-state index contributed by atoms with van der Waals surface area (Å²) in [6.07, 6.45) is 4.53. The van der Waals surface area contributed by atoms with E-state index >= 15 is 0 Å². The molecule has 92 valence electrons. The van der Waals surface area contributed by atoms with E-state index < -0.39 is 0 Å². The van der Waals surface area contributed by atoms with Crippen LogP contribution < -0.4 is 5.32 Å². The second kappa shape index (κ2) is 5.88. The minimum Gasteiger partial charge on any atom is -0.316 e. The van der Waals surface area contributed by atoms with E-state index in [1.54, 1.807) is 17.5 Å². The number of hydrogen-bond donors (Lipinski definition) is 2. The van der Waals surface area contributed by atoms with Crippen LogP contribution in [0.25, 0.3) is 10.6 Å². The van der Waals surface area contributed by atoms with Crippen molar-refractivity contribution >= 4 is 11.3 Å². The van der Waals surface area contributed by atoms with Gasteiger partial charge in [-0.05, 0) is 12.5 Å². The summed E-state index contributed by atoms with van der Waals surface area (Å²) < 4.78 is 0. The summed E-state index contributed by atoms with van der Waals surface area (Å²) in [5, 5.41) is 20.4. The summed E-state index contributed by atoms with van der Waals surface area (Å²) in [7, 11) is 0. The van der Waals surface area contributed by atoms with Gasteiger partial charge in [-0.1, -0.05) is 25.2 Å². The Morgan fingerprint density at radius 1 is 1.41 bits per heavy atom. The van der Waals surface area contributed by atoms with E-state index in [-0.39, 0.29) is 0 Å². The fourth-order valence-electron chi connectivity index (χ4n) is 1.43. The third-order valence-corrected chi connectivity index (χ3v) is 3.31. The van der Waals surface area contributed by atoms with Crippen molar-refractivity contribution in [3.05, 3.63) is 17.4 Å². The van der Waals surface area contributed by atoms with Gasteiger partial charge >= 0.3 is 0 Å². The van der Waals surface area contributed by atoms with E-state index in [1.807, 2.05) is 6.20 Å². The highest BCUT2D eigenvalue weighted by Crippen LogP contribution is 2.21. The van der Waals surface area contributed by atoms with Crippen molar-refractivity contribution in [2.45, 2.75) is 20.3 Å². The van der Waals surface area contributed by atoms with Crippen LogP contribution in [0, 0.1) is 5.92 Å². The van der Waals surface area contributed by atoms with Crippen molar-refractivity contribution in [2.75, 3.05) is 13.1 Å². The number of H-pyrrole nitrogens is 1. The van der Waals surface area contributed by atoms with Crippen LogP contribution in [0.2, 0.25) is 0 Å². The first-order valence-electron chi connectivity index (χ1n) is 5.78. The molecule has 5 nitrogen and oxygen atoms in total. The zero-order chi connectivity index (χ0) is 12.1. The lowest BCUT2D eigenvalue weighted by Gasteiger charge is -2.04. The summed E-state index contributed by atoms with van der Waals surface area (Å²) in [4.78, 5) is 0. The first-order chi connectivity index (χ1) is 8.25. The molecule has 6 heteroatoms. The average molecular weight is 251 g/mol. The van der Waals surface area contributed by atoms with Crippen molar-refractivity contribution < 1.29 is 0 Å². The van der Waals surface area contributed by atoms with E-state index in [4.69, 9.17) is 0 Å². The standard InChI is InChI=1S/C11H17N5S/c1-8(2)5-12-4-3-10-15-16-11(17-10)9-6-13-14-7-9/h6-8,12H,3-5H2,1-2H3,(H,13,14). The molecule has 2 aromatic heterocycles. The van der Waals surface area contributed by atoms with Crippen LogP contribution in [-0.2, 0) is 6.42 Å². The van der Waals surface area contributed by atoms with Gasteiger partial charge in [-0.2, -0.15) is 5.10 Å². The monoisotopic (exact) mass is 251 g/mol. The Hall–Kier alpha value is -1.27. The highest BCUT2D eigenvalue weighted by atomic mass is 32.1. The molecule has 0 aromatic carbocycles. The molecular weight excluding hydrogens is 234 g/mol. The number of rotatable bonds is 6. The normalized spacial score (nSPS) is 11.2. The fraction of sp³-hybridized carbons (Fsp3) is 0.545. The molecule has 0 aliphatic heterocycles. The number of hydrogen-bond acceptors (Lipinski definition) is 5. The molecule has 0 fully saturated rings. The maximum absolute atomic E-state index is 4.18. The van der Waals surface area contributed by atoms with Crippen LogP contribution >= 0.6 is 11.3 Å². The van der Waals surface area contributed by atoms with E-state index in [0.717, 1.165) is 35.1 Å². The van der Waals surface area contributed by atoms with Gasteiger partial charge in [0, 0.05) is 19.2 Å². The van der Waals surface area contributed by atoms with Gasteiger partial charge in [0.2, 0.25) is 0 Å². The molecule has 2 rings (SSSR count). The van der Waals surface area contributed by atoms with Crippen molar-refractivity contribution in [1.29, 1.82) is 0 Å². The first kappa shape index (κ1) is 12.2. The maximum Gasteiger partial charge on any atom is 0.150 e. The van der Waals surface area contributed by atoms with Crippen molar-refractivity contribution in [2.24, 2.45) is 5.92 Å². The Bertz CT molecular complexity index is 434. The van der Waals surface area contributed by atoms with Crippen LogP contribution in [0.5, 0.6) is 0 Å². The molecule has 0 aliphatic rings. The molecule has 0 saturated heterocycles. The minimum atomic E-state index is 0.686. The largest absolute Gasteiger partial charge is 0.316 e. The molecule has 0 bridgehead atoms. The number of aromatic nitrogens is 4. The molecule has 0 spiro atoms. The van der Waals surface area contributed by atoms with Gasteiger partial charge in [0.25, 0.3) is 0 Å². The molecule has 2 heterocycles. The van der Waals surface area contributed by atoms with Crippen LogP contribution in [0.1, 0.15) is 18.9 Å². The average Bonchev–Trinajstić information content (AvgIpc) is 2.94. The topological polar surface area (TPSA) is 66.5 Å². The summed E-state index contributed by atoms with van der Waals surface area (Å²) in [6, 6.07) is 0. The van der Waals surface area contributed by atoms with Gasteiger partial charge in [0.05, 0.1) is 11.8 Å². The van der Waals surface area contributed by atoms with E-state index in [2.05, 4.69) is 39.6 Å². The molecule has 0 unspecified atom stereocenters. The molecule has 2 N–H and O–H groups in total. The van der Waals surface area contributed by atoms with Crippen LogP contribution in [-0.4, -0.2) is 33.5 Å². The Labute approximate surface area is 105 Å². The zero-order valence-electron chi connectivity index (χ0n) is 10.1. The smallest absolute Gasteiger partial charge is 0.150 e. The number of nitrogens with one attached hydrogen (secondary N) is 2. The first-order valence-corrected chi connectivity index (χ1v) is 6.59. The highest BCUT2D eigenvalue weighted by molar-refractivity contribution is 7.14. The van der Waals surface area contributed by atoms with Gasteiger partial charge in [-0.25, -0.2) is 0 Å². The van der Waals surface area contributed by atoms with Crippen LogP contribution in [0.3, 0.4) is 0 Å². The second-order valence-corrected chi connectivity index (χ2v) is 5.40. The summed E-state index contributed by atoms with van der Waals surface area (Å²) >= 11 is 1.63. The van der Waals surface area contributed by atoms with E-state index in [1.165, 1.54) is 0 Å². The molecule has 2 aromatic rings. The van der Waals surface area contributed by atoms with Gasteiger partial charge in [0.15, 0.2) is 5.01 Å². The second-order valence-electron chi connectivity index (χ2n) is 4.34. The Kier molecular flexibility index (Phi) is 4.22. The van der Waals surface area contributed by atoms with E-state index in [9.17, 15) is 0 Å². The summed E-state index contributed by atoms with van der Waals surface area (Å²) in [5.41, 5.74) is 1.00. The lowest BCUT2D eigenvalue weighted by molar-refractivity contribution is 0.553. The summed E-state index contributed by atoms with van der Waals surface area (Å²) in [5.74, 6) is 0.686. The lowest BCUT2D eigenvalue weighted by atomic mass is 10.2. The summed E-state index contributed by atoms with van der Waals surface area (Å²) in [6.45, 7) is 6.41. The van der Waals surface area contributed by atoms with Crippen molar-refractivity contribution in [3.63, 3.8) is 0 Å². The molecule has 0 radical (unpaired) electrons. The molecule has 0 saturated carbocycles. The fourth-order valence-corrected chi connectivity index (χ4v) is 2.25. The number of aromatic amines is 1. The lowest BCUT2D eigenvalue weighted by Crippen LogP contribution is -2.22. The van der Waals surface area contributed by atoms with Crippen LogP contribution in [0.15, 0.2) is 12.4 Å². The molecule has 17 heavy (non-hydrogen) atoms. The van der Waals surface area contributed by atoms with Crippen molar-refractivity contribution in [1.82, 2.24) is 25.7 Å². The Morgan fingerprint density at radius 2 is 2.29 bits per heavy atom. The predicted octanol–water partition coefficient (Wildman–Crippen LogP) is 1.72. The minimum absolute atomic E-state index is 0.686. The van der Waals surface area contributed by atoms with E-state index in [0.29, 0.717) is 5.92 Å². The number of nitrogens with zero attached hydrogens (tertiary/aromatic N) is 3.